The molecule has 1 heterocycles. The van der Waals surface area contributed by atoms with Crippen LogP contribution in [0.2, 0.25) is 0 Å². The summed E-state index contributed by atoms with van der Waals surface area (Å²) in [6, 6.07) is 7.00. The Morgan fingerprint density at radius 2 is 2.00 bits per heavy atom. The molecule has 1 aromatic rings. The van der Waals surface area contributed by atoms with Crippen molar-refractivity contribution in [3.05, 3.63) is 29.8 Å². The molecule has 1 aliphatic heterocycles. The summed E-state index contributed by atoms with van der Waals surface area (Å²) in [5.74, 6) is 2.34. The summed E-state index contributed by atoms with van der Waals surface area (Å²) in [5.41, 5.74) is 0.833. The van der Waals surface area contributed by atoms with Crippen LogP contribution in [0.1, 0.15) is 5.56 Å². The predicted octanol–water partition coefficient (Wildman–Crippen LogP) is 1.30. The standard InChI is InChI=1S/C13H10O5/c1-2-7-16-10-5-3-9(4-6-10)8-11-12(14)18-13(15)17-11/h1,3-6,11H,7-8H2. The smallest absolute Gasteiger partial charge is 0.481 e. The summed E-state index contributed by atoms with van der Waals surface area (Å²) in [5, 5.41) is 0. The van der Waals surface area contributed by atoms with E-state index in [0.717, 1.165) is 5.56 Å². The average molecular weight is 246 g/mol. The van der Waals surface area contributed by atoms with Crippen LogP contribution in [0.5, 0.6) is 5.75 Å². The fourth-order valence-corrected chi connectivity index (χ4v) is 1.52. The zero-order valence-electron chi connectivity index (χ0n) is 9.42. The van der Waals surface area contributed by atoms with Crippen LogP contribution in [-0.4, -0.2) is 24.8 Å². The Morgan fingerprint density at radius 3 is 2.56 bits per heavy atom. The van der Waals surface area contributed by atoms with Gasteiger partial charge >= 0.3 is 12.1 Å². The van der Waals surface area contributed by atoms with Crippen LogP contribution in [0.3, 0.4) is 0 Å². The van der Waals surface area contributed by atoms with Crippen LogP contribution in [0.4, 0.5) is 4.79 Å². The van der Waals surface area contributed by atoms with E-state index in [2.05, 4.69) is 10.7 Å². The molecule has 0 N–H and O–H groups in total. The maximum Gasteiger partial charge on any atom is 0.517 e. The van der Waals surface area contributed by atoms with Gasteiger partial charge in [-0.3, -0.25) is 0 Å². The predicted molar refractivity (Wildman–Crippen MR) is 60.8 cm³/mol. The molecular formula is C13H10O5. The Balaban J connectivity index is 1.96. The average Bonchev–Trinajstić information content (AvgIpc) is 2.67. The van der Waals surface area contributed by atoms with Crippen molar-refractivity contribution in [2.24, 2.45) is 0 Å². The van der Waals surface area contributed by atoms with Gasteiger partial charge < -0.3 is 14.2 Å². The third-order valence-corrected chi connectivity index (χ3v) is 2.35. The van der Waals surface area contributed by atoms with E-state index in [1.165, 1.54) is 0 Å². The Morgan fingerprint density at radius 1 is 1.28 bits per heavy atom. The SMILES string of the molecule is C#CCOc1ccc(CC2OC(=O)OC2=O)cc1. The van der Waals surface area contributed by atoms with E-state index in [1.807, 2.05) is 0 Å². The monoisotopic (exact) mass is 246 g/mol. The van der Waals surface area contributed by atoms with Gasteiger partial charge in [0.2, 0.25) is 6.10 Å². The lowest BCUT2D eigenvalue weighted by molar-refractivity contribution is -0.136. The molecule has 0 aliphatic carbocycles. The topological polar surface area (TPSA) is 61.8 Å². The minimum absolute atomic E-state index is 0.200. The number of ether oxygens (including phenoxy) is 3. The maximum atomic E-state index is 11.2. The van der Waals surface area contributed by atoms with E-state index in [1.54, 1.807) is 24.3 Å². The summed E-state index contributed by atoms with van der Waals surface area (Å²) in [6.07, 6.45) is 3.54. The Hall–Kier alpha value is -2.48. The summed E-state index contributed by atoms with van der Waals surface area (Å²) < 4.78 is 14.2. The number of hydrogen-bond acceptors (Lipinski definition) is 5. The molecule has 0 bridgehead atoms. The van der Waals surface area contributed by atoms with E-state index in [4.69, 9.17) is 15.9 Å². The Kier molecular flexibility index (Phi) is 3.49. The van der Waals surface area contributed by atoms with E-state index in [0.29, 0.717) is 5.75 Å². The molecule has 0 saturated carbocycles. The highest BCUT2D eigenvalue weighted by molar-refractivity contribution is 5.91. The molecule has 0 spiro atoms. The van der Waals surface area contributed by atoms with Crippen molar-refractivity contribution in [3.63, 3.8) is 0 Å². The van der Waals surface area contributed by atoms with Gasteiger partial charge in [-0.2, -0.15) is 0 Å². The Labute approximate surface area is 104 Å². The second-order valence-electron chi connectivity index (χ2n) is 3.62. The molecule has 5 nitrogen and oxygen atoms in total. The first-order chi connectivity index (χ1) is 8.69. The summed E-state index contributed by atoms with van der Waals surface area (Å²) in [6.45, 7) is 0.200. The van der Waals surface area contributed by atoms with Crippen LogP contribution in [0.15, 0.2) is 24.3 Å². The lowest BCUT2D eigenvalue weighted by Gasteiger charge is -2.06. The molecule has 1 unspecified atom stereocenters. The molecule has 2 rings (SSSR count). The highest BCUT2D eigenvalue weighted by Gasteiger charge is 2.35. The second-order valence-corrected chi connectivity index (χ2v) is 3.62. The zero-order chi connectivity index (χ0) is 13.0. The first-order valence-corrected chi connectivity index (χ1v) is 5.26. The normalized spacial score (nSPS) is 17.8. The number of esters is 1. The van der Waals surface area contributed by atoms with Gasteiger partial charge in [-0.15, -0.1) is 6.42 Å². The van der Waals surface area contributed by atoms with Crippen LogP contribution in [-0.2, 0) is 20.7 Å². The van der Waals surface area contributed by atoms with Crippen molar-refractivity contribution in [1.82, 2.24) is 0 Å². The van der Waals surface area contributed by atoms with Crippen molar-refractivity contribution < 1.29 is 23.8 Å². The van der Waals surface area contributed by atoms with Crippen molar-refractivity contribution in [3.8, 4) is 18.1 Å². The summed E-state index contributed by atoms with van der Waals surface area (Å²) >= 11 is 0. The lowest BCUT2D eigenvalue weighted by atomic mass is 10.1. The highest BCUT2D eigenvalue weighted by Crippen LogP contribution is 2.17. The number of rotatable bonds is 4. The van der Waals surface area contributed by atoms with Gasteiger partial charge in [-0.25, -0.2) is 9.59 Å². The molecular weight excluding hydrogens is 236 g/mol. The molecule has 1 aliphatic rings. The van der Waals surface area contributed by atoms with Gasteiger partial charge in [-0.05, 0) is 17.7 Å². The molecule has 1 fully saturated rings. The highest BCUT2D eigenvalue weighted by atomic mass is 16.8. The molecule has 1 atom stereocenters. The number of carbonyl (C=O) groups excluding carboxylic acids is 2. The number of hydrogen-bond donors (Lipinski definition) is 0. The summed E-state index contributed by atoms with van der Waals surface area (Å²) in [7, 11) is 0. The van der Waals surface area contributed by atoms with Crippen molar-refractivity contribution in [2.45, 2.75) is 12.5 Å². The largest absolute Gasteiger partial charge is 0.517 e. The minimum Gasteiger partial charge on any atom is -0.481 e. The molecule has 92 valence electrons. The third kappa shape index (κ3) is 2.80. The molecule has 1 saturated heterocycles. The van der Waals surface area contributed by atoms with Crippen molar-refractivity contribution in [1.29, 1.82) is 0 Å². The van der Waals surface area contributed by atoms with E-state index in [-0.39, 0.29) is 13.0 Å². The molecule has 0 aromatic heterocycles. The van der Waals surface area contributed by atoms with Gasteiger partial charge in [0.05, 0.1) is 0 Å². The van der Waals surface area contributed by atoms with E-state index < -0.39 is 18.2 Å². The van der Waals surface area contributed by atoms with Crippen LogP contribution in [0, 0.1) is 12.3 Å². The quantitative estimate of drug-likeness (QED) is 0.455. The maximum absolute atomic E-state index is 11.2. The first-order valence-electron chi connectivity index (χ1n) is 5.26. The van der Waals surface area contributed by atoms with Gasteiger partial charge in [0.15, 0.2) is 0 Å². The van der Waals surface area contributed by atoms with Crippen molar-refractivity contribution in [2.75, 3.05) is 6.61 Å². The van der Waals surface area contributed by atoms with Gasteiger partial charge in [0, 0.05) is 6.42 Å². The lowest BCUT2D eigenvalue weighted by Crippen LogP contribution is -2.18. The second kappa shape index (κ2) is 5.23. The van der Waals surface area contributed by atoms with Gasteiger partial charge in [0.25, 0.3) is 0 Å². The fraction of sp³-hybridized carbons (Fsp3) is 0.231. The molecule has 1 aromatic carbocycles. The molecule has 5 heteroatoms. The first kappa shape index (κ1) is 12.0. The third-order valence-electron chi connectivity index (χ3n) is 2.35. The molecule has 0 amide bonds. The fourth-order valence-electron chi connectivity index (χ4n) is 1.52. The van der Waals surface area contributed by atoms with Gasteiger partial charge in [-0.1, -0.05) is 18.1 Å². The number of terminal acetylenes is 1. The van der Waals surface area contributed by atoms with E-state index in [9.17, 15) is 9.59 Å². The number of carbonyl (C=O) groups is 2. The zero-order valence-corrected chi connectivity index (χ0v) is 9.42. The van der Waals surface area contributed by atoms with Crippen LogP contribution in [0.25, 0.3) is 0 Å². The molecule has 18 heavy (non-hydrogen) atoms. The molecule has 0 radical (unpaired) electrons. The van der Waals surface area contributed by atoms with E-state index >= 15 is 0 Å². The number of cyclic esters (lactones) is 3. The minimum atomic E-state index is -0.945. The summed E-state index contributed by atoms with van der Waals surface area (Å²) in [4.78, 5) is 21.9. The van der Waals surface area contributed by atoms with Crippen LogP contribution >= 0.6 is 0 Å². The van der Waals surface area contributed by atoms with Crippen molar-refractivity contribution >= 4 is 12.1 Å². The Bertz CT molecular complexity index is 497. The number of benzene rings is 1. The van der Waals surface area contributed by atoms with Crippen LogP contribution < -0.4 is 4.74 Å². The van der Waals surface area contributed by atoms with Gasteiger partial charge in [0.1, 0.15) is 12.4 Å².